The molecule has 0 aromatic carbocycles. The molecular formula is C12H15BrClNS. The maximum absolute atomic E-state index is 6.11. The number of halogens is 2. The lowest BCUT2D eigenvalue weighted by molar-refractivity contribution is 0.364. The second kappa shape index (κ2) is 4.27. The molecule has 88 valence electrons. The quantitative estimate of drug-likeness (QED) is 0.866. The number of rotatable bonds is 3. The summed E-state index contributed by atoms with van der Waals surface area (Å²) in [5.41, 5.74) is 0. The van der Waals surface area contributed by atoms with E-state index in [1.165, 1.54) is 24.1 Å². The molecule has 3 atom stereocenters. The Hall–Kier alpha value is 0.430. The monoisotopic (exact) mass is 319 g/mol. The van der Waals surface area contributed by atoms with Crippen LogP contribution < -0.4 is 5.32 Å². The van der Waals surface area contributed by atoms with E-state index >= 15 is 0 Å². The molecule has 3 rings (SSSR count). The second-order valence-corrected chi connectivity index (χ2v) is 7.83. The molecule has 1 N–H and O–H groups in total. The molecule has 0 bridgehead atoms. The van der Waals surface area contributed by atoms with Crippen molar-refractivity contribution in [1.82, 2.24) is 5.32 Å². The molecule has 1 aromatic rings. The van der Waals surface area contributed by atoms with Crippen molar-refractivity contribution in [3.8, 4) is 0 Å². The highest BCUT2D eigenvalue weighted by Crippen LogP contribution is 2.57. The third-order valence-corrected chi connectivity index (χ3v) is 6.59. The van der Waals surface area contributed by atoms with Crippen LogP contribution in [-0.4, -0.2) is 7.05 Å². The van der Waals surface area contributed by atoms with Gasteiger partial charge in [-0.3, -0.25) is 0 Å². The van der Waals surface area contributed by atoms with E-state index in [9.17, 15) is 0 Å². The van der Waals surface area contributed by atoms with Crippen LogP contribution in [0.3, 0.4) is 0 Å². The highest BCUT2D eigenvalue weighted by atomic mass is 79.9. The highest BCUT2D eigenvalue weighted by Gasteiger charge is 2.48. The number of hydrogen-bond acceptors (Lipinski definition) is 2. The van der Waals surface area contributed by atoms with Gasteiger partial charge in [-0.15, -0.1) is 11.3 Å². The second-order valence-electron chi connectivity index (χ2n) is 5.02. The third kappa shape index (κ3) is 1.96. The van der Waals surface area contributed by atoms with E-state index in [1.54, 1.807) is 11.3 Å². The Balaban J connectivity index is 1.79. The summed E-state index contributed by atoms with van der Waals surface area (Å²) in [4.78, 5) is 1.38. The number of fused-ring (bicyclic) bond motifs is 1. The summed E-state index contributed by atoms with van der Waals surface area (Å²) in [6.45, 7) is 0. The summed E-state index contributed by atoms with van der Waals surface area (Å²) >= 11 is 11.4. The predicted molar refractivity (Wildman–Crippen MR) is 73.2 cm³/mol. The first-order valence-electron chi connectivity index (χ1n) is 5.81. The molecule has 16 heavy (non-hydrogen) atoms. The predicted octanol–water partition coefficient (Wildman–Crippen LogP) is 4.47. The van der Waals surface area contributed by atoms with Crippen molar-refractivity contribution in [3.05, 3.63) is 19.8 Å². The lowest BCUT2D eigenvalue weighted by Crippen LogP contribution is -2.23. The van der Waals surface area contributed by atoms with Gasteiger partial charge in [-0.05, 0) is 66.1 Å². The van der Waals surface area contributed by atoms with Crippen molar-refractivity contribution < 1.29 is 0 Å². The van der Waals surface area contributed by atoms with Crippen LogP contribution in [-0.2, 0) is 0 Å². The molecule has 2 saturated carbocycles. The minimum absolute atomic E-state index is 0.501. The van der Waals surface area contributed by atoms with Gasteiger partial charge in [-0.1, -0.05) is 11.6 Å². The minimum atomic E-state index is 0.501. The largest absolute Gasteiger partial charge is 0.312 e. The SMILES string of the molecule is CNC(c1cc(Cl)c(Br)s1)C1CC2CC2C1. The summed E-state index contributed by atoms with van der Waals surface area (Å²) in [6, 6.07) is 2.61. The van der Waals surface area contributed by atoms with Gasteiger partial charge in [0.2, 0.25) is 0 Å². The zero-order valence-electron chi connectivity index (χ0n) is 9.17. The summed E-state index contributed by atoms with van der Waals surface area (Å²) in [7, 11) is 2.07. The van der Waals surface area contributed by atoms with Crippen molar-refractivity contribution in [2.45, 2.75) is 25.3 Å². The fourth-order valence-corrected chi connectivity index (χ4v) is 5.11. The van der Waals surface area contributed by atoms with Gasteiger partial charge in [0.25, 0.3) is 0 Å². The maximum Gasteiger partial charge on any atom is 0.0887 e. The molecule has 0 spiro atoms. The van der Waals surface area contributed by atoms with Crippen molar-refractivity contribution in [2.24, 2.45) is 17.8 Å². The van der Waals surface area contributed by atoms with E-state index < -0.39 is 0 Å². The van der Waals surface area contributed by atoms with Gasteiger partial charge in [-0.25, -0.2) is 0 Å². The lowest BCUT2D eigenvalue weighted by Gasteiger charge is -2.23. The Labute approximate surface area is 114 Å². The molecule has 0 amide bonds. The van der Waals surface area contributed by atoms with Crippen LogP contribution in [0.2, 0.25) is 5.02 Å². The lowest BCUT2D eigenvalue weighted by atomic mass is 9.93. The van der Waals surface area contributed by atoms with Crippen LogP contribution in [0.15, 0.2) is 9.85 Å². The van der Waals surface area contributed by atoms with Gasteiger partial charge in [0.1, 0.15) is 0 Å². The maximum atomic E-state index is 6.11. The van der Waals surface area contributed by atoms with E-state index in [-0.39, 0.29) is 0 Å². The van der Waals surface area contributed by atoms with Gasteiger partial charge in [0.05, 0.1) is 8.81 Å². The summed E-state index contributed by atoms with van der Waals surface area (Å²) < 4.78 is 1.06. The zero-order chi connectivity index (χ0) is 11.3. The Kier molecular flexibility index (Phi) is 3.07. The van der Waals surface area contributed by atoms with Crippen molar-refractivity contribution in [3.63, 3.8) is 0 Å². The van der Waals surface area contributed by atoms with Crippen LogP contribution >= 0.6 is 38.9 Å². The average molecular weight is 321 g/mol. The topological polar surface area (TPSA) is 12.0 Å². The van der Waals surface area contributed by atoms with Crippen molar-refractivity contribution >= 4 is 38.9 Å². The number of thiophene rings is 1. The molecule has 2 fully saturated rings. The zero-order valence-corrected chi connectivity index (χ0v) is 12.3. The molecule has 0 saturated heterocycles. The first kappa shape index (κ1) is 11.5. The van der Waals surface area contributed by atoms with E-state index in [4.69, 9.17) is 11.6 Å². The van der Waals surface area contributed by atoms with E-state index in [0.717, 1.165) is 26.6 Å². The first-order chi connectivity index (χ1) is 7.69. The van der Waals surface area contributed by atoms with E-state index in [0.29, 0.717) is 6.04 Å². The van der Waals surface area contributed by atoms with Crippen molar-refractivity contribution in [1.29, 1.82) is 0 Å². The summed E-state index contributed by atoms with van der Waals surface area (Å²) in [5, 5.41) is 4.32. The van der Waals surface area contributed by atoms with Gasteiger partial charge in [0.15, 0.2) is 0 Å². The van der Waals surface area contributed by atoms with Crippen LogP contribution in [0.25, 0.3) is 0 Å². The molecule has 2 aliphatic rings. The first-order valence-corrected chi connectivity index (χ1v) is 7.79. The molecule has 1 aromatic heterocycles. The van der Waals surface area contributed by atoms with E-state index in [2.05, 4.69) is 34.4 Å². The van der Waals surface area contributed by atoms with Crippen molar-refractivity contribution in [2.75, 3.05) is 7.05 Å². The number of hydrogen-bond donors (Lipinski definition) is 1. The molecule has 1 nitrogen and oxygen atoms in total. The molecular weight excluding hydrogens is 306 g/mol. The number of nitrogens with one attached hydrogen (secondary N) is 1. The van der Waals surface area contributed by atoms with Crippen LogP contribution in [0.5, 0.6) is 0 Å². The summed E-state index contributed by atoms with van der Waals surface area (Å²) in [5.74, 6) is 2.90. The molecule has 4 heteroatoms. The average Bonchev–Trinajstić information content (AvgIpc) is 2.72. The Morgan fingerprint density at radius 3 is 2.62 bits per heavy atom. The minimum Gasteiger partial charge on any atom is -0.312 e. The van der Waals surface area contributed by atoms with Crippen LogP contribution in [0.4, 0.5) is 0 Å². The smallest absolute Gasteiger partial charge is 0.0887 e. The fourth-order valence-electron chi connectivity index (χ4n) is 3.16. The third-order valence-electron chi connectivity index (χ3n) is 4.03. The molecule has 0 radical (unpaired) electrons. The molecule has 0 aliphatic heterocycles. The molecule has 3 unspecified atom stereocenters. The van der Waals surface area contributed by atoms with Gasteiger partial charge >= 0.3 is 0 Å². The van der Waals surface area contributed by atoms with Crippen LogP contribution in [0.1, 0.15) is 30.2 Å². The Morgan fingerprint density at radius 2 is 2.12 bits per heavy atom. The van der Waals surface area contributed by atoms with Crippen LogP contribution in [0, 0.1) is 17.8 Å². The highest BCUT2D eigenvalue weighted by molar-refractivity contribution is 9.11. The van der Waals surface area contributed by atoms with Gasteiger partial charge < -0.3 is 5.32 Å². The van der Waals surface area contributed by atoms with Gasteiger partial charge in [-0.2, -0.15) is 0 Å². The standard InChI is InChI=1S/C12H15BrClNS/c1-15-11(8-3-6-2-7(6)4-8)10-5-9(14)12(13)16-10/h5-8,11,15H,2-4H2,1H3. The van der Waals surface area contributed by atoms with E-state index in [1.807, 2.05) is 0 Å². The summed E-state index contributed by atoms with van der Waals surface area (Å²) in [6.07, 6.45) is 4.30. The fraction of sp³-hybridized carbons (Fsp3) is 0.667. The Morgan fingerprint density at radius 1 is 1.44 bits per heavy atom. The normalized spacial score (nSPS) is 33.8. The molecule has 1 heterocycles. The molecule has 2 aliphatic carbocycles. The Bertz CT molecular complexity index is 376. The van der Waals surface area contributed by atoms with Gasteiger partial charge in [0, 0.05) is 10.9 Å².